The lowest BCUT2D eigenvalue weighted by molar-refractivity contribution is -0.138. The quantitative estimate of drug-likeness (QED) is 0.529. The first kappa shape index (κ1) is 17.5. The van der Waals surface area contributed by atoms with Crippen LogP contribution in [0.4, 0.5) is 13.2 Å². The summed E-state index contributed by atoms with van der Waals surface area (Å²) >= 11 is 3.39. The molecule has 0 spiro atoms. The fourth-order valence-electron chi connectivity index (χ4n) is 2.44. The number of carbonyl (C=O) groups excluding carboxylic acids is 1. The van der Waals surface area contributed by atoms with E-state index in [1.165, 1.54) is 0 Å². The Morgan fingerprint density at radius 2 is 2.00 bits per heavy atom. The molecule has 25 heavy (non-hydrogen) atoms. The minimum Gasteiger partial charge on any atom is -0.465 e. The second kappa shape index (κ2) is 6.18. The summed E-state index contributed by atoms with van der Waals surface area (Å²) < 4.78 is 50.5. The van der Waals surface area contributed by atoms with Gasteiger partial charge < -0.3 is 9.15 Å². The Balaban J connectivity index is 2.24. The molecule has 0 aliphatic rings. The summed E-state index contributed by atoms with van der Waals surface area (Å²) in [5, 5.41) is 0. The van der Waals surface area contributed by atoms with Crippen LogP contribution in [-0.4, -0.2) is 18.1 Å². The van der Waals surface area contributed by atoms with Gasteiger partial charge in [-0.2, -0.15) is 13.2 Å². The Hall–Kier alpha value is -2.35. The average molecular weight is 414 g/mol. The van der Waals surface area contributed by atoms with Gasteiger partial charge in [0.25, 0.3) is 0 Å². The number of ether oxygens (including phenoxy) is 1. The van der Waals surface area contributed by atoms with Crippen molar-refractivity contribution < 1.29 is 27.1 Å². The monoisotopic (exact) mass is 413 g/mol. The number of alkyl halides is 3. The van der Waals surface area contributed by atoms with Gasteiger partial charge in [0.05, 0.1) is 18.2 Å². The molecule has 0 atom stereocenters. The summed E-state index contributed by atoms with van der Waals surface area (Å²) in [6.07, 6.45) is -4.73. The lowest BCUT2D eigenvalue weighted by Gasteiger charge is -2.10. The number of halogens is 4. The number of aromatic nitrogens is 1. The maximum absolute atomic E-state index is 13.2. The fraction of sp³-hybridized carbons (Fsp3) is 0.176. The molecule has 0 unspecified atom stereocenters. The van der Waals surface area contributed by atoms with Crippen molar-refractivity contribution in [3.05, 3.63) is 51.5 Å². The SMILES string of the molecule is COC(=O)c1cc2nc(-c3cccc(Br)c3C)oc2cc1C(F)(F)F. The molecule has 0 aliphatic carbocycles. The summed E-state index contributed by atoms with van der Waals surface area (Å²) in [5.74, 6) is -0.915. The van der Waals surface area contributed by atoms with Crippen LogP contribution in [0.2, 0.25) is 0 Å². The van der Waals surface area contributed by atoms with Crippen molar-refractivity contribution in [2.45, 2.75) is 13.1 Å². The molecule has 0 fully saturated rings. The third kappa shape index (κ3) is 3.13. The highest BCUT2D eigenvalue weighted by atomic mass is 79.9. The number of rotatable bonds is 2. The van der Waals surface area contributed by atoms with Crippen LogP contribution in [0.3, 0.4) is 0 Å². The summed E-state index contributed by atoms with van der Waals surface area (Å²) in [6, 6.07) is 7.15. The van der Waals surface area contributed by atoms with Crippen molar-refractivity contribution in [3.8, 4) is 11.5 Å². The molecule has 0 saturated carbocycles. The van der Waals surface area contributed by atoms with Crippen LogP contribution in [0.5, 0.6) is 0 Å². The van der Waals surface area contributed by atoms with Gasteiger partial charge in [-0.05, 0) is 36.8 Å². The van der Waals surface area contributed by atoms with Crippen LogP contribution in [0.25, 0.3) is 22.6 Å². The van der Waals surface area contributed by atoms with E-state index in [1.54, 1.807) is 12.1 Å². The molecule has 0 N–H and O–H groups in total. The van der Waals surface area contributed by atoms with Crippen molar-refractivity contribution in [2.24, 2.45) is 0 Å². The van der Waals surface area contributed by atoms with Crippen LogP contribution >= 0.6 is 15.9 Å². The second-order valence-electron chi connectivity index (χ2n) is 5.29. The highest BCUT2D eigenvalue weighted by Crippen LogP contribution is 2.37. The highest BCUT2D eigenvalue weighted by molar-refractivity contribution is 9.10. The number of nitrogens with zero attached hydrogens (tertiary/aromatic N) is 1. The van der Waals surface area contributed by atoms with Crippen LogP contribution in [-0.2, 0) is 10.9 Å². The van der Waals surface area contributed by atoms with E-state index in [1.807, 2.05) is 13.0 Å². The van der Waals surface area contributed by atoms with Crippen LogP contribution in [0.15, 0.2) is 39.2 Å². The van der Waals surface area contributed by atoms with Crippen LogP contribution in [0.1, 0.15) is 21.5 Å². The van der Waals surface area contributed by atoms with Gasteiger partial charge in [0.1, 0.15) is 5.52 Å². The molecule has 1 aromatic heterocycles. The third-order valence-electron chi connectivity index (χ3n) is 3.74. The van der Waals surface area contributed by atoms with E-state index in [4.69, 9.17) is 4.42 Å². The fourth-order valence-corrected chi connectivity index (χ4v) is 2.81. The molecule has 0 radical (unpaired) electrons. The topological polar surface area (TPSA) is 52.3 Å². The normalized spacial score (nSPS) is 11.8. The van der Waals surface area contributed by atoms with Crippen LogP contribution in [0, 0.1) is 6.92 Å². The van der Waals surface area contributed by atoms with Crippen molar-refractivity contribution in [1.82, 2.24) is 4.98 Å². The zero-order valence-electron chi connectivity index (χ0n) is 13.1. The van der Waals surface area contributed by atoms with E-state index in [0.29, 0.717) is 5.56 Å². The zero-order valence-corrected chi connectivity index (χ0v) is 14.7. The summed E-state index contributed by atoms with van der Waals surface area (Å²) in [4.78, 5) is 15.9. The molecule has 0 bridgehead atoms. The number of benzene rings is 2. The summed E-state index contributed by atoms with van der Waals surface area (Å²) in [7, 11) is 1.02. The Morgan fingerprint density at radius 1 is 1.28 bits per heavy atom. The predicted octanol–water partition coefficient (Wildman–Crippen LogP) is 5.37. The van der Waals surface area contributed by atoms with Gasteiger partial charge >= 0.3 is 12.1 Å². The van der Waals surface area contributed by atoms with E-state index in [9.17, 15) is 18.0 Å². The maximum Gasteiger partial charge on any atom is 0.417 e. The smallest absolute Gasteiger partial charge is 0.417 e. The Labute approximate surface area is 148 Å². The maximum atomic E-state index is 13.2. The minimum absolute atomic E-state index is 0.0608. The molecule has 4 nitrogen and oxygen atoms in total. The number of hydrogen-bond acceptors (Lipinski definition) is 4. The molecule has 0 aliphatic heterocycles. The van der Waals surface area contributed by atoms with Crippen molar-refractivity contribution in [3.63, 3.8) is 0 Å². The van der Waals surface area contributed by atoms with Gasteiger partial charge in [-0.25, -0.2) is 9.78 Å². The Kier molecular flexibility index (Phi) is 4.32. The van der Waals surface area contributed by atoms with Gasteiger partial charge in [-0.3, -0.25) is 0 Å². The molecular formula is C17H11BrF3NO3. The van der Waals surface area contributed by atoms with Gasteiger partial charge in [0, 0.05) is 10.0 Å². The zero-order chi connectivity index (χ0) is 18.4. The highest BCUT2D eigenvalue weighted by Gasteiger charge is 2.37. The van der Waals surface area contributed by atoms with Crippen molar-refractivity contribution in [1.29, 1.82) is 0 Å². The third-order valence-corrected chi connectivity index (χ3v) is 4.60. The van der Waals surface area contributed by atoms with Crippen molar-refractivity contribution in [2.75, 3.05) is 7.11 Å². The van der Waals surface area contributed by atoms with E-state index in [-0.39, 0.29) is 17.0 Å². The van der Waals surface area contributed by atoms with E-state index in [0.717, 1.165) is 29.3 Å². The molecule has 8 heteroatoms. The number of carbonyl (C=O) groups is 1. The summed E-state index contributed by atoms with van der Waals surface area (Å²) in [6.45, 7) is 1.83. The Morgan fingerprint density at radius 3 is 2.64 bits per heavy atom. The molecule has 1 heterocycles. The molecule has 130 valence electrons. The van der Waals surface area contributed by atoms with Gasteiger partial charge in [-0.15, -0.1) is 0 Å². The molecule has 0 amide bonds. The van der Waals surface area contributed by atoms with E-state index < -0.39 is 23.3 Å². The van der Waals surface area contributed by atoms with Crippen LogP contribution < -0.4 is 0 Å². The van der Waals surface area contributed by atoms with Crippen molar-refractivity contribution >= 4 is 33.0 Å². The molecular weight excluding hydrogens is 403 g/mol. The number of esters is 1. The van der Waals surface area contributed by atoms with E-state index in [2.05, 4.69) is 25.7 Å². The van der Waals surface area contributed by atoms with E-state index >= 15 is 0 Å². The minimum atomic E-state index is -4.73. The Bertz CT molecular complexity index is 979. The largest absolute Gasteiger partial charge is 0.465 e. The lowest BCUT2D eigenvalue weighted by Crippen LogP contribution is -2.14. The number of hydrogen-bond donors (Lipinski definition) is 0. The molecule has 3 rings (SSSR count). The van der Waals surface area contributed by atoms with Gasteiger partial charge in [0.2, 0.25) is 5.89 Å². The lowest BCUT2D eigenvalue weighted by atomic mass is 10.1. The van der Waals surface area contributed by atoms with Gasteiger partial charge in [0.15, 0.2) is 5.58 Å². The second-order valence-corrected chi connectivity index (χ2v) is 6.14. The summed E-state index contributed by atoms with van der Waals surface area (Å²) in [5.41, 5.74) is -0.178. The first-order chi connectivity index (χ1) is 11.7. The molecule has 3 aromatic rings. The predicted molar refractivity (Wildman–Crippen MR) is 88.2 cm³/mol. The standard InChI is InChI=1S/C17H11BrF3NO3/c1-8-9(4-3-5-12(8)18)15-22-13-6-10(16(23)24-2)11(17(19,20)21)7-14(13)25-15/h3-7H,1-2H3. The first-order valence-electron chi connectivity index (χ1n) is 7.08. The average Bonchev–Trinajstić information content (AvgIpc) is 2.97. The number of fused-ring (bicyclic) bond motifs is 1. The van der Waals surface area contributed by atoms with Gasteiger partial charge in [-0.1, -0.05) is 22.0 Å². The number of oxazole rings is 1. The number of methoxy groups -OCH3 is 1. The molecule has 2 aromatic carbocycles. The first-order valence-corrected chi connectivity index (χ1v) is 7.87. The molecule has 0 saturated heterocycles.